The minimum absolute atomic E-state index is 0.106. The fourth-order valence-electron chi connectivity index (χ4n) is 0.182. The number of rotatable bonds is 0. The van der Waals surface area contributed by atoms with Gasteiger partial charge in [-0.05, 0) is 0 Å². The lowest BCUT2D eigenvalue weighted by Gasteiger charge is -1.73. The zero-order valence-corrected chi connectivity index (χ0v) is 2.96. The first-order valence-corrected chi connectivity index (χ1v) is 1.41. The van der Waals surface area contributed by atoms with Crippen molar-refractivity contribution < 1.29 is 4.74 Å². The summed E-state index contributed by atoms with van der Waals surface area (Å²) in [5.74, 6) is 0. The average molecular weight is 85.1 g/mol. The zero-order valence-electron chi connectivity index (χ0n) is 2.96. The van der Waals surface area contributed by atoms with E-state index < -0.39 is 0 Å². The Hall–Kier alpha value is -1.06. The Labute approximate surface area is 34.3 Å². The van der Waals surface area contributed by atoms with E-state index in [2.05, 4.69) is 14.9 Å². The predicted molar refractivity (Wildman–Crippen MR) is 20.9 cm³/mol. The first-order valence-electron chi connectivity index (χ1n) is 1.41. The molecular formula is C2H3N3O+. The number of hydrogen-bond acceptors (Lipinski definition) is 4. The fourth-order valence-corrected chi connectivity index (χ4v) is 0.182. The van der Waals surface area contributed by atoms with Gasteiger partial charge < -0.3 is 10.5 Å². The van der Waals surface area contributed by atoms with Crippen molar-refractivity contribution in [2.24, 2.45) is 10.8 Å². The average Bonchev–Trinajstić information content (AvgIpc) is 1.86. The van der Waals surface area contributed by atoms with Gasteiger partial charge in [-0.3, -0.25) is 0 Å². The van der Waals surface area contributed by atoms with Crippen molar-refractivity contribution in [3.05, 3.63) is 0 Å². The molecule has 2 N–H and O–H groups in total. The third-order valence-corrected chi connectivity index (χ3v) is 0.377. The molecule has 6 heavy (non-hydrogen) atoms. The Bertz CT molecular complexity index is 105. The lowest BCUT2D eigenvalue weighted by atomic mass is 11.2. The Morgan fingerprint density at radius 3 is 3.00 bits per heavy atom. The summed E-state index contributed by atoms with van der Waals surface area (Å²) in [4.78, 5) is 0. The summed E-state index contributed by atoms with van der Waals surface area (Å²) in [6.07, 6.45) is 1.18. The molecule has 0 bridgehead atoms. The molecule has 0 saturated heterocycles. The van der Waals surface area contributed by atoms with Crippen LogP contribution in [0.25, 0.3) is 0 Å². The zero-order chi connectivity index (χ0) is 4.41. The summed E-state index contributed by atoms with van der Waals surface area (Å²) in [7, 11) is 0. The van der Waals surface area contributed by atoms with Crippen LogP contribution in [0.4, 0.5) is 0 Å². The molecule has 31 valence electrons. The molecule has 0 spiro atoms. The molecule has 0 aromatic rings. The third kappa shape index (κ3) is 0.314. The van der Waals surface area contributed by atoms with Crippen LogP contribution in [0.5, 0.6) is 0 Å². The lowest BCUT2D eigenvalue weighted by molar-refractivity contribution is 0.576. The highest BCUT2D eigenvalue weighted by molar-refractivity contribution is 5.81. The summed E-state index contributed by atoms with van der Waals surface area (Å²) < 4.78 is 4.39. The van der Waals surface area contributed by atoms with Crippen LogP contribution in [0, 0.1) is 0 Å². The maximum atomic E-state index is 4.94. The van der Waals surface area contributed by atoms with E-state index in [4.69, 9.17) is 5.73 Å². The van der Waals surface area contributed by atoms with Crippen LogP contribution in [-0.4, -0.2) is 12.4 Å². The monoisotopic (exact) mass is 85.0 g/mol. The van der Waals surface area contributed by atoms with Crippen LogP contribution in [0.3, 0.4) is 0 Å². The summed E-state index contributed by atoms with van der Waals surface area (Å²) >= 11 is 0. The molecule has 1 aliphatic heterocycles. The molecule has 4 nitrogen and oxygen atoms in total. The molecule has 1 radical (unpaired) electrons. The SMILES string of the molecule is NC1=N[N+]=CO1. The summed E-state index contributed by atoms with van der Waals surface area (Å²) in [6.45, 7) is 0. The van der Waals surface area contributed by atoms with Crippen LogP contribution < -0.4 is 10.8 Å². The maximum absolute atomic E-state index is 4.94. The summed E-state index contributed by atoms with van der Waals surface area (Å²) in [5, 5.41) is 6.56. The van der Waals surface area contributed by atoms with Gasteiger partial charge in [0.1, 0.15) is 5.10 Å². The normalized spacial score (nSPS) is 17.0. The van der Waals surface area contributed by atoms with Crippen molar-refractivity contribution in [1.29, 1.82) is 0 Å². The highest BCUT2D eigenvalue weighted by Gasteiger charge is 2.05. The first-order chi connectivity index (χ1) is 2.89. The van der Waals surface area contributed by atoms with Crippen molar-refractivity contribution in [2.75, 3.05) is 0 Å². The van der Waals surface area contributed by atoms with E-state index in [1.165, 1.54) is 6.40 Å². The highest BCUT2D eigenvalue weighted by Crippen LogP contribution is 1.70. The van der Waals surface area contributed by atoms with Crippen LogP contribution >= 0.6 is 0 Å². The Kier molecular flexibility index (Phi) is 0.506. The van der Waals surface area contributed by atoms with Gasteiger partial charge in [0.25, 0.3) is 0 Å². The first kappa shape index (κ1) is 3.14. The number of nitrogens with two attached hydrogens (primary N) is 1. The summed E-state index contributed by atoms with van der Waals surface area (Å²) in [5.41, 5.74) is 4.94. The van der Waals surface area contributed by atoms with Gasteiger partial charge in [-0.15, -0.1) is 0 Å². The van der Waals surface area contributed by atoms with Crippen molar-refractivity contribution >= 4 is 12.4 Å². The number of nitrogens with zero attached hydrogens (tertiary/aromatic N) is 2. The fraction of sp³-hybridized carbons (Fsp3) is 0. The molecule has 0 amide bonds. The van der Waals surface area contributed by atoms with Gasteiger partial charge in [0, 0.05) is 0 Å². The number of ether oxygens (including phenoxy) is 1. The standard InChI is InChI=1S/C2H3N3O/c3-2-5-4-1-6-2/h1H,(H2,3,5)/q+1. The lowest BCUT2D eigenvalue weighted by Crippen LogP contribution is -2.10. The van der Waals surface area contributed by atoms with Gasteiger partial charge in [-0.1, -0.05) is 0 Å². The molecule has 4 heteroatoms. The van der Waals surface area contributed by atoms with Gasteiger partial charge in [0.2, 0.25) is 5.10 Å². The number of hydrogen-bond donors (Lipinski definition) is 1. The topological polar surface area (TPSA) is 61.7 Å². The molecule has 0 aromatic carbocycles. The molecule has 0 fully saturated rings. The Morgan fingerprint density at radius 2 is 2.83 bits per heavy atom. The van der Waals surface area contributed by atoms with Crippen LogP contribution in [0.2, 0.25) is 0 Å². The predicted octanol–water partition coefficient (Wildman–Crippen LogP) is -1.39. The van der Waals surface area contributed by atoms with Crippen molar-refractivity contribution in [2.45, 2.75) is 0 Å². The quantitative estimate of drug-likeness (QED) is 0.393. The van der Waals surface area contributed by atoms with Crippen LogP contribution in [0.1, 0.15) is 0 Å². The molecule has 1 heterocycles. The third-order valence-electron chi connectivity index (χ3n) is 0.377. The van der Waals surface area contributed by atoms with Crippen LogP contribution in [0.15, 0.2) is 5.10 Å². The second kappa shape index (κ2) is 0.965. The highest BCUT2D eigenvalue weighted by atomic mass is 16.5. The van der Waals surface area contributed by atoms with E-state index in [-0.39, 0.29) is 6.02 Å². The van der Waals surface area contributed by atoms with E-state index in [9.17, 15) is 0 Å². The Balaban J connectivity index is 2.61. The molecule has 0 aliphatic carbocycles. The van der Waals surface area contributed by atoms with E-state index in [0.29, 0.717) is 0 Å². The molecule has 0 aromatic heterocycles. The van der Waals surface area contributed by atoms with Crippen molar-refractivity contribution in [1.82, 2.24) is 5.10 Å². The molecule has 0 atom stereocenters. The van der Waals surface area contributed by atoms with E-state index in [0.717, 1.165) is 0 Å². The smallest absolute Gasteiger partial charge is 0.365 e. The van der Waals surface area contributed by atoms with Gasteiger partial charge in [-0.2, -0.15) is 0 Å². The molecular weight excluding hydrogens is 82.0 g/mol. The largest absolute Gasteiger partial charge is 0.442 e. The Morgan fingerprint density at radius 1 is 2.00 bits per heavy atom. The maximum Gasteiger partial charge on any atom is 0.442 e. The second-order valence-electron chi connectivity index (χ2n) is 0.777. The molecule has 0 unspecified atom stereocenters. The second-order valence-corrected chi connectivity index (χ2v) is 0.777. The van der Waals surface area contributed by atoms with Gasteiger partial charge in [-0.25, -0.2) is 0 Å². The minimum Gasteiger partial charge on any atom is -0.365 e. The van der Waals surface area contributed by atoms with Gasteiger partial charge in [0.15, 0.2) is 0 Å². The minimum atomic E-state index is 0.106. The molecule has 1 aliphatic rings. The van der Waals surface area contributed by atoms with Gasteiger partial charge in [0.05, 0.1) is 0 Å². The van der Waals surface area contributed by atoms with E-state index in [1.54, 1.807) is 0 Å². The van der Waals surface area contributed by atoms with E-state index >= 15 is 0 Å². The van der Waals surface area contributed by atoms with Crippen molar-refractivity contribution in [3.8, 4) is 0 Å². The van der Waals surface area contributed by atoms with Crippen molar-refractivity contribution in [3.63, 3.8) is 0 Å². The van der Waals surface area contributed by atoms with Crippen LogP contribution in [-0.2, 0) is 4.74 Å². The number of amidine groups is 1. The molecule has 1 rings (SSSR count). The van der Waals surface area contributed by atoms with Gasteiger partial charge >= 0.3 is 12.4 Å². The molecule has 0 saturated carbocycles. The van der Waals surface area contributed by atoms with E-state index in [1.807, 2.05) is 0 Å². The summed E-state index contributed by atoms with van der Waals surface area (Å²) in [6, 6.07) is 0.106.